The molecular weight excluding hydrogens is 260 g/mol. The fourth-order valence-corrected chi connectivity index (χ4v) is 2.49. The fourth-order valence-electron chi connectivity index (χ4n) is 1.81. The molecule has 0 aliphatic carbocycles. The van der Waals surface area contributed by atoms with Crippen molar-refractivity contribution in [3.63, 3.8) is 0 Å². The number of nitrogens with one attached hydrogen (secondary N) is 1. The molecule has 1 N–H and O–H groups in total. The topological polar surface area (TPSA) is 51.2 Å². The predicted molar refractivity (Wildman–Crippen MR) is 79.9 cm³/mol. The number of aromatic nitrogens is 1. The van der Waals surface area contributed by atoms with Crippen LogP contribution < -0.4 is 5.32 Å². The van der Waals surface area contributed by atoms with Gasteiger partial charge < -0.3 is 10.1 Å². The van der Waals surface area contributed by atoms with Crippen LogP contribution in [0, 0.1) is 5.41 Å². The third kappa shape index (κ3) is 5.59. The molecule has 0 unspecified atom stereocenters. The lowest BCUT2D eigenvalue weighted by molar-refractivity contribution is 0.0595. The number of thiazole rings is 1. The lowest BCUT2D eigenvalue weighted by atomic mass is 9.87. The van der Waals surface area contributed by atoms with Gasteiger partial charge in [-0.3, -0.25) is 0 Å². The smallest absolute Gasteiger partial charge is 0.357 e. The third-order valence-corrected chi connectivity index (χ3v) is 3.87. The number of anilines is 1. The van der Waals surface area contributed by atoms with Crippen molar-refractivity contribution in [2.75, 3.05) is 19.0 Å². The van der Waals surface area contributed by atoms with Crippen LogP contribution in [0.3, 0.4) is 0 Å². The molecule has 1 rings (SSSR count). The zero-order valence-electron chi connectivity index (χ0n) is 12.3. The molecule has 5 heteroatoms. The van der Waals surface area contributed by atoms with Crippen molar-refractivity contribution in [3.05, 3.63) is 11.1 Å². The molecule has 1 aromatic rings. The molecule has 1 heterocycles. The summed E-state index contributed by atoms with van der Waals surface area (Å²) in [5.41, 5.74) is 0.616. The van der Waals surface area contributed by atoms with Crippen LogP contribution in [0.25, 0.3) is 0 Å². The van der Waals surface area contributed by atoms with E-state index in [1.807, 2.05) is 0 Å². The molecule has 0 aromatic carbocycles. The zero-order chi connectivity index (χ0) is 14.3. The molecule has 0 saturated carbocycles. The Hall–Kier alpha value is -1.10. The highest BCUT2D eigenvalue weighted by Gasteiger charge is 2.18. The Labute approximate surface area is 119 Å². The molecule has 0 fully saturated rings. The van der Waals surface area contributed by atoms with Crippen LogP contribution in [0.2, 0.25) is 0 Å². The highest BCUT2D eigenvalue weighted by atomic mass is 32.1. The summed E-state index contributed by atoms with van der Waals surface area (Å²) in [6.45, 7) is 7.59. The summed E-state index contributed by atoms with van der Waals surface area (Å²) < 4.78 is 4.64. The molecule has 0 radical (unpaired) electrons. The van der Waals surface area contributed by atoms with Crippen LogP contribution in [0.5, 0.6) is 0 Å². The van der Waals surface area contributed by atoms with Crippen molar-refractivity contribution in [3.8, 4) is 0 Å². The minimum absolute atomic E-state index is 0.242. The van der Waals surface area contributed by atoms with Crippen molar-refractivity contribution in [1.82, 2.24) is 4.98 Å². The molecule has 4 nitrogen and oxygen atoms in total. The monoisotopic (exact) mass is 284 g/mol. The number of ether oxygens (including phenoxy) is 1. The average Bonchev–Trinajstić information content (AvgIpc) is 2.84. The first-order chi connectivity index (χ1) is 8.98. The summed E-state index contributed by atoms with van der Waals surface area (Å²) in [5.74, 6) is -0.383. The van der Waals surface area contributed by atoms with Crippen LogP contribution in [0.15, 0.2) is 5.38 Å². The molecule has 0 aliphatic heterocycles. The van der Waals surface area contributed by atoms with Crippen molar-refractivity contribution in [2.45, 2.75) is 46.5 Å². The second kappa shape index (κ2) is 7.48. The molecular formula is C14H24N2O2S. The van der Waals surface area contributed by atoms with Crippen LogP contribution in [-0.2, 0) is 4.74 Å². The van der Waals surface area contributed by atoms with Gasteiger partial charge in [-0.2, -0.15) is 0 Å². The molecule has 1 aromatic heterocycles. The Morgan fingerprint density at radius 3 is 2.84 bits per heavy atom. The number of esters is 1. The summed E-state index contributed by atoms with van der Waals surface area (Å²) in [4.78, 5) is 15.5. The number of hydrogen-bond donors (Lipinski definition) is 1. The van der Waals surface area contributed by atoms with Gasteiger partial charge in [0.05, 0.1) is 7.11 Å². The van der Waals surface area contributed by atoms with Gasteiger partial charge in [0.2, 0.25) is 0 Å². The normalized spacial score (nSPS) is 11.4. The van der Waals surface area contributed by atoms with E-state index in [0.717, 1.165) is 11.7 Å². The lowest BCUT2D eigenvalue weighted by Crippen LogP contribution is -2.23. The molecule has 0 atom stereocenters. The van der Waals surface area contributed by atoms with Gasteiger partial charge in [0.15, 0.2) is 10.8 Å². The number of carbonyl (C=O) groups excluding carboxylic acids is 1. The number of nitrogens with zero attached hydrogens (tertiary/aromatic N) is 1. The number of hydrogen-bond acceptors (Lipinski definition) is 5. The van der Waals surface area contributed by atoms with E-state index in [4.69, 9.17) is 0 Å². The first kappa shape index (κ1) is 16.0. The second-order valence-corrected chi connectivity index (χ2v) is 6.36. The number of unbranched alkanes of at least 4 members (excludes halogenated alkanes) is 2. The first-order valence-corrected chi connectivity index (χ1v) is 7.64. The quantitative estimate of drug-likeness (QED) is 0.580. The number of rotatable bonds is 8. The molecule has 0 spiro atoms. The maximum atomic E-state index is 11.3. The Bertz CT molecular complexity index is 402. The maximum absolute atomic E-state index is 11.3. The Kier molecular flexibility index (Phi) is 6.28. The standard InChI is InChI=1S/C14H24N2O2S/c1-5-6-7-8-14(2,3)10-15-13-16-11(9-19-13)12(17)18-4/h9H,5-8,10H2,1-4H3,(H,15,16). The highest BCUT2D eigenvalue weighted by Crippen LogP contribution is 2.25. The average molecular weight is 284 g/mol. The number of carbonyl (C=O) groups is 1. The third-order valence-electron chi connectivity index (χ3n) is 3.07. The van der Waals surface area contributed by atoms with Crippen molar-refractivity contribution >= 4 is 22.4 Å². The van der Waals surface area contributed by atoms with Gasteiger partial charge in [-0.05, 0) is 11.8 Å². The van der Waals surface area contributed by atoms with Crippen LogP contribution >= 0.6 is 11.3 Å². The van der Waals surface area contributed by atoms with Crippen molar-refractivity contribution in [2.24, 2.45) is 5.41 Å². The van der Waals surface area contributed by atoms with Crippen LogP contribution in [0.4, 0.5) is 5.13 Å². The van der Waals surface area contributed by atoms with Gasteiger partial charge >= 0.3 is 5.97 Å². The molecule has 0 saturated heterocycles. The summed E-state index contributed by atoms with van der Waals surface area (Å²) in [7, 11) is 1.37. The summed E-state index contributed by atoms with van der Waals surface area (Å²) in [5, 5.41) is 5.81. The van der Waals surface area contributed by atoms with Gasteiger partial charge in [0.1, 0.15) is 0 Å². The first-order valence-electron chi connectivity index (χ1n) is 6.76. The Balaban J connectivity index is 2.43. The van der Waals surface area contributed by atoms with E-state index < -0.39 is 0 Å². The van der Waals surface area contributed by atoms with Crippen LogP contribution in [-0.4, -0.2) is 24.6 Å². The zero-order valence-corrected chi connectivity index (χ0v) is 13.1. The molecule has 0 bridgehead atoms. The Morgan fingerprint density at radius 2 is 2.21 bits per heavy atom. The molecule has 0 amide bonds. The Morgan fingerprint density at radius 1 is 1.47 bits per heavy atom. The minimum atomic E-state index is -0.383. The van der Waals surface area contributed by atoms with E-state index in [-0.39, 0.29) is 11.4 Å². The SMILES string of the molecule is CCCCCC(C)(C)CNc1nc(C(=O)OC)cs1. The highest BCUT2D eigenvalue weighted by molar-refractivity contribution is 7.13. The van der Waals surface area contributed by atoms with Gasteiger partial charge in [0, 0.05) is 11.9 Å². The van der Waals surface area contributed by atoms with E-state index in [1.54, 1.807) is 5.38 Å². The van der Waals surface area contributed by atoms with Gasteiger partial charge in [-0.25, -0.2) is 9.78 Å². The minimum Gasteiger partial charge on any atom is -0.464 e. The van der Waals surface area contributed by atoms with E-state index in [1.165, 1.54) is 44.1 Å². The van der Waals surface area contributed by atoms with E-state index in [9.17, 15) is 4.79 Å². The maximum Gasteiger partial charge on any atom is 0.357 e. The van der Waals surface area contributed by atoms with Gasteiger partial charge in [0.25, 0.3) is 0 Å². The fraction of sp³-hybridized carbons (Fsp3) is 0.714. The largest absolute Gasteiger partial charge is 0.464 e. The van der Waals surface area contributed by atoms with Gasteiger partial charge in [-0.1, -0.05) is 40.0 Å². The van der Waals surface area contributed by atoms with Crippen molar-refractivity contribution < 1.29 is 9.53 Å². The molecule has 19 heavy (non-hydrogen) atoms. The van der Waals surface area contributed by atoms with Crippen LogP contribution in [0.1, 0.15) is 56.9 Å². The molecule has 108 valence electrons. The lowest BCUT2D eigenvalue weighted by Gasteiger charge is -2.24. The second-order valence-electron chi connectivity index (χ2n) is 5.50. The summed E-state index contributed by atoms with van der Waals surface area (Å²) >= 11 is 1.44. The number of methoxy groups -OCH3 is 1. The van der Waals surface area contributed by atoms with Crippen molar-refractivity contribution in [1.29, 1.82) is 0 Å². The van der Waals surface area contributed by atoms with E-state index in [0.29, 0.717) is 5.69 Å². The van der Waals surface area contributed by atoms with E-state index in [2.05, 4.69) is 35.8 Å². The summed E-state index contributed by atoms with van der Waals surface area (Å²) in [6.07, 6.45) is 4.99. The van der Waals surface area contributed by atoms with E-state index >= 15 is 0 Å². The predicted octanol–water partition coefficient (Wildman–Crippen LogP) is 3.95. The molecule has 0 aliphatic rings. The summed E-state index contributed by atoms with van der Waals surface area (Å²) in [6, 6.07) is 0. The van der Waals surface area contributed by atoms with Gasteiger partial charge in [-0.15, -0.1) is 11.3 Å².